The first kappa shape index (κ1) is 17.3. The number of methoxy groups -OCH3 is 1. The van der Waals surface area contributed by atoms with Crippen molar-refractivity contribution in [1.29, 1.82) is 0 Å². The summed E-state index contributed by atoms with van der Waals surface area (Å²) < 4.78 is 10.4. The van der Waals surface area contributed by atoms with Crippen LogP contribution in [0.2, 0.25) is 0 Å². The summed E-state index contributed by atoms with van der Waals surface area (Å²) in [5.74, 6) is 1.62. The number of fused-ring (bicyclic) bond motifs is 1. The number of aromatic nitrogens is 3. The highest BCUT2D eigenvalue weighted by atomic mass is 16.5. The average Bonchev–Trinajstić information content (AvgIpc) is 3.10. The Bertz CT molecular complexity index is 946. The van der Waals surface area contributed by atoms with Gasteiger partial charge in [0.15, 0.2) is 0 Å². The van der Waals surface area contributed by atoms with Gasteiger partial charge in [-0.3, -0.25) is 4.79 Å². The summed E-state index contributed by atoms with van der Waals surface area (Å²) in [5, 5.41) is 7.81. The second-order valence-electron chi connectivity index (χ2n) is 6.62. The number of ether oxygens (including phenoxy) is 1. The van der Waals surface area contributed by atoms with Crippen molar-refractivity contribution < 1.29 is 14.1 Å². The number of hydrogen-bond donors (Lipinski definition) is 1. The van der Waals surface area contributed by atoms with Crippen LogP contribution in [0.5, 0.6) is 5.75 Å². The van der Waals surface area contributed by atoms with Gasteiger partial charge in [-0.25, -0.2) is 4.98 Å². The number of hydrogen-bond acceptors (Lipinski definition) is 7. The molecule has 1 aromatic carbocycles. The van der Waals surface area contributed by atoms with Crippen molar-refractivity contribution in [2.45, 2.75) is 19.8 Å². The predicted molar refractivity (Wildman–Crippen MR) is 101 cm³/mol. The molecule has 1 fully saturated rings. The maximum atomic E-state index is 12.6. The lowest BCUT2D eigenvalue weighted by Gasteiger charge is -2.32. The molecule has 8 nitrogen and oxygen atoms in total. The fourth-order valence-corrected chi connectivity index (χ4v) is 3.42. The van der Waals surface area contributed by atoms with Gasteiger partial charge in [-0.2, -0.15) is 4.98 Å². The second-order valence-corrected chi connectivity index (χ2v) is 6.62. The van der Waals surface area contributed by atoms with Gasteiger partial charge >= 0.3 is 0 Å². The minimum Gasteiger partial charge on any atom is -0.497 e. The zero-order valence-electron chi connectivity index (χ0n) is 15.3. The Hall–Kier alpha value is -3.16. The minimum absolute atomic E-state index is 0.0238. The molecule has 1 N–H and O–H groups in total. The first-order valence-corrected chi connectivity index (χ1v) is 8.92. The molecule has 0 bridgehead atoms. The quantitative estimate of drug-likeness (QED) is 0.758. The number of carbonyl (C=O) groups excluding carboxylic acids is 1. The van der Waals surface area contributed by atoms with Crippen LogP contribution in [-0.4, -0.2) is 41.2 Å². The smallest absolute Gasteiger partial charge is 0.263 e. The maximum Gasteiger partial charge on any atom is 0.263 e. The highest BCUT2D eigenvalue weighted by Gasteiger charge is 2.27. The third kappa shape index (κ3) is 3.42. The van der Waals surface area contributed by atoms with Crippen molar-refractivity contribution in [3.05, 3.63) is 36.3 Å². The normalized spacial score (nSPS) is 15.1. The first-order chi connectivity index (χ1) is 13.2. The van der Waals surface area contributed by atoms with Crippen LogP contribution < -0.4 is 15.0 Å². The number of aryl methyl sites for hydroxylation is 1. The first-order valence-electron chi connectivity index (χ1n) is 8.92. The molecule has 140 valence electrons. The molecular weight excluding hydrogens is 346 g/mol. The van der Waals surface area contributed by atoms with Crippen LogP contribution in [0.1, 0.15) is 18.5 Å². The maximum absolute atomic E-state index is 12.6. The van der Waals surface area contributed by atoms with Crippen LogP contribution >= 0.6 is 0 Å². The molecule has 0 spiro atoms. The average molecular weight is 367 g/mol. The Balaban J connectivity index is 1.40. The summed E-state index contributed by atoms with van der Waals surface area (Å²) in [6, 6.07) is 7.36. The highest BCUT2D eigenvalue weighted by molar-refractivity contribution is 5.93. The third-order valence-electron chi connectivity index (χ3n) is 4.95. The van der Waals surface area contributed by atoms with E-state index in [1.54, 1.807) is 7.11 Å². The van der Waals surface area contributed by atoms with E-state index < -0.39 is 0 Å². The molecule has 4 rings (SSSR count). The predicted octanol–water partition coefficient (Wildman–Crippen LogP) is 2.79. The lowest BCUT2D eigenvalue weighted by Crippen LogP contribution is -2.38. The van der Waals surface area contributed by atoms with E-state index in [4.69, 9.17) is 9.26 Å². The molecular formula is C19H21N5O3. The van der Waals surface area contributed by atoms with E-state index >= 15 is 0 Å². The fraction of sp³-hybridized carbons (Fsp3) is 0.368. The van der Waals surface area contributed by atoms with Gasteiger partial charge in [-0.05, 0) is 44.0 Å². The van der Waals surface area contributed by atoms with Gasteiger partial charge in [0, 0.05) is 24.7 Å². The highest BCUT2D eigenvalue weighted by Crippen LogP contribution is 2.29. The topological polar surface area (TPSA) is 93.4 Å². The number of nitrogens with one attached hydrogen (secondary N) is 1. The number of amides is 1. The van der Waals surface area contributed by atoms with E-state index in [0.717, 1.165) is 54.3 Å². The van der Waals surface area contributed by atoms with Gasteiger partial charge < -0.3 is 19.5 Å². The molecule has 0 atom stereocenters. The summed E-state index contributed by atoms with van der Waals surface area (Å²) in [4.78, 5) is 23.3. The van der Waals surface area contributed by atoms with Crippen LogP contribution in [0.4, 0.5) is 11.5 Å². The number of piperidine rings is 1. The molecule has 1 amide bonds. The molecule has 1 saturated heterocycles. The molecule has 3 heterocycles. The largest absolute Gasteiger partial charge is 0.497 e. The molecule has 0 radical (unpaired) electrons. The number of rotatable bonds is 4. The molecule has 27 heavy (non-hydrogen) atoms. The Morgan fingerprint density at radius 2 is 1.96 bits per heavy atom. The zero-order valence-corrected chi connectivity index (χ0v) is 15.3. The lowest BCUT2D eigenvalue weighted by atomic mass is 9.95. The Morgan fingerprint density at radius 1 is 1.22 bits per heavy atom. The second kappa shape index (κ2) is 7.22. The molecule has 0 saturated carbocycles. The number of nitrogens with zero attached hydrogens (tertiary/aromatic N) is 4. The van der Waals surface area contributed by atoms with Gasteiger partial charge in [0.1, 0.15) is 23.3 Å². The summed E-state index contributed by atoms with van der Waals surface area (Å²) in [6.07, 6.45) is 3.01. The standard InChI is InChI=1S/C19H21N5O3/c1-12-16-17(20-11-21-19(16)27-23-12)24-9-7-13(8-10-24)18(25)22-14-3-5-15(26-2)6-4-14/h3-6,11,13H,7-10H2,1-2H3,(H,22,25). The number of carbonyl (C=O) groups is 1. The third-order valence-corrected chi connectivity index (χ3v) is 4.95. The fourth-order valence-electron chi connectivity index (χ4n) is 3.42. The molecule has 8 heteroatoms. The monoisotopic (exact) mass is 367 g/mol. The summed E-state index contributed by atoms with van der Waals surface area (Å²) in [7, 11) is 1.62. The SMILES string of the molecule is COc1ccc(NC(=O)C2CCN(c3ncnc4onc(C)c34)CC2)cc1. The molecule has 0 aliphatic carbocycles. The van der Waals surface area contributed by atoms with Crippen LogP contribution in [0.3, 0.4) is 0 Å². The lowest BCUT2D eigenvalue weighted by molar-refractivity contribution is -0.120. The molecule has 0 unspecified atom stereocenters. The Labute approximate surface area is 156 Å². The van der Waals surface area contributed by atoms with E-state index in [1.807, 2.05) is 31.2 Å². The van der Waals surface area contributed by atoms with E-state index in [1.165, 1.54) is 6.33 Å². The number of anilines is 2. The van der Waals surface area contributed by atoms with Crippen LogP contribution in [-0.2, 0) is 4.79 Å². The van der Waals surface area contributed by atoms with Gasteiger partial charge in [-0.1, -0.05) is 5.16 Å². The molecule has 3 aromatic rings. The Kier molecular flexibility index (Phi) is 4.62. The number of benzene rings is 1. The van der Waals surface area contributed by atoms with Crippen LogP contribution in [0.15, 0.2) is 35.1 Å². The van der Waals surface area contributed by atoms with Gasteiger partial charge in [-0.15, -0.1) is 0 Å². The summed E-state index contributed by atoms with van der Waals surface area (Å²) >= 11 is 0. The van der Waals surface area contributed by atoms with Crippen molar-refractivity contribution in [2.75, 3.05) is 30.4 Å². The van der Waals surface area contributed by atoms with Crippen molar-refractivity contribution in [2.24, 2.45) is 5.92 Å². The zero-order chi connectivity index (χ0) is 18.8. The van der Waals surface area contributed by atoms with Crippen LogP contribution in [0.25, 0.3) is 11.1 Å². The van der Waals surface area contributed by atoms with E-state index in [-0.39, 0.29) is 11.8 Å². The molecule has 1 aliphatic heterocycles. The van der Waals surface area contributed by atoms with Crippen molar-refractivity contribution >= 4 is 28.5 Å². The van der Waals surface area contributed by atoms with Crippen LogP contribution in [0, 0.1) is 12.8 Å². The minimum atomic E-state index is -0.0238. The Morgan fingerprint density at radius 3 is 2.67 bits per heavy atom. The van der Waals surface area contributed by atoms with E-state index in [0.29, 0.717) is 5.71 Å². The molecule has 1 aliphatic rings. The van der Waals surface area contributed by atoms with Gasteiger partial charge in [0.25, 0.3) is 5.71 Å². The van der Waals surface area contributed by atoms with Gasteiger partial charge in [0.2, 0.25) is 5.91 Å². The van der Waals surface area contributed by atoms with E-state index in [2.05, 4.69) is 25.3 Å². The van der Waals surface area contributed by atoms with E-state index in [9.17, 15) is 4.79 Å². The van der Waals surface area contributed by atoms with Crippen molar-refractivity contribution in [3.63, 3.8) is 0 Å². The van der Waals surface area contributed by atoms with Crippen molar-refractivity contribution in [3.8, 4) is 5.75 Å². The van der Waals surface area contributed by atoms with Crippen molar-refractivity contribution in [1.82, 2.24) is 15.1 Å². The molecule has 2 aromatic heterocycles. The summed E-state index contributed by atoms with van der Waals surface area (Å²) in [5.41, 5.74) is 2.05. The summed E-state index contributed by atoms with van der Waals surface area (Å²) in [6.45, 7) is 3.38. The van der Waals surface area contributed by atoms with Gasteiger partial charge in [0.05, 0.1) is 12.8 Å².